The second kappa shape index (κ2) is 9.23. The molecule has 0 aliphatic heterocycles. The Hall–Kier alpha value is 0.170. The Morgan fingerprint density at radius 2 is 2.31 bits per heavy atom. The molecule has 1 atom stereocenters. The number of aliphatic imine (C=N–C) groups is 1. The van der Waals surface area contributed by atoms with Crippen LogP contribution in [0, 0.1) is 5.92 Å². The molecule has 0 aromatic rings. The zero-order chi connectivity index (χ0) is 12.4. The lowest BCUT2D eigenvalue weighted by Gasteiger charge is -2.21. The van der Waals surface area contributed by atoms with Crippen molar-refractivity contribution in [1.82, 2.24) is 5.09 Å². The van der Waals surface area contributed by atoms with Crippen LogP contribution in [0.2, 0.25) is 0 Å². The molecule has 0 aromatic carbocycles. The molecule has 0 rings (SSSR count). The third-order valence-corrected chi connectivity index (χ3v) is 7.28. The minimum absolute atomic E-state index is 0.601. The van der Waals surface area contributed by atoms with Gasteiger partial charge >= 0.3 is 0 Å². The molecule has 6 heteroatoms. The van der Waals surface area contributed by atoms with Crippen LogP contribution >= 0.6 is 17.0 Å². The van der Waals surface area contributed by atoms with Gasteiger partial charge in [-0.25, -0.2) is 0 Å². The van der Waals surface area contributed by atoms with E-state index in [1.807, 2.05) is 6.92 Å². The number of nitrogens with zero attached hydrogens (tertiary/aromatic N) is 1. The quantitative estimate of drug-likeness (QED) is 0.303. The zero-order valence-electron chi connectivity index (χ0n) is 10.2. The van der Waals surface area contributed by atoms with Crippen LogP contribution in [0.5, 0.6) is 0 Å². The van der Waals surface area contributed by atoms with Gasteiger partial charge in [0.1, 0.15) is 0 Å². The maximum absolute atomic E-state index is 5.62. The average molecular weight is 280 g/mol. The summed E-state index contributed by atoms with van der Waals surface area (Å²) < 4.78 is 5.62. The Bertz CT molecular complexity index is 270. The van der Waals surface area contributed by atoms with Crippen molar-refractivity contribution in [3.8, 4) is 0 Å². The van der Waals surface area contributed by atoms with Gasteiger partial charge in [-0.3, -0.25) is 4.99 Å². The molecule has 16 heavy (non-hydrogen) atoms. The SMILES string of the molecule is C=CCN=CNP(=S)(OCC)SCC(C)C. The molecule has 0 aliphatic rings. The third kappa shape index (κ3) is 8.34. The molecule has 0 saturated carbocycles. The molecule has 94 valence electrons. The van der Waals surface area contributed by atoms with Crippen molar-refractivity contribution in [2.45, 2.75) is 20.8 Å². The fraction of sp³-hybridized carbons (Fsp3) is 0.700. The van der Waals surface area contributed by atoms with E-state index in [1.165, 1.54) is 0 Å². The molecule has 0 bridgehead atoms. The maximum Gasteiger partial charge on any atom is 0.211 e. The van der Waals surface area contributed by atoms with E-state index in [0.717, 1.165) is 5.75 Å². The summed E-state index contributed by atoms with van der Waals surface area (Å²) in [6, 6.07) is 0. The highest BCUT2D eigenvalue weighted by molar-refractivity contribution is 8.68. The summed E-state index contributed by atoms with van der Waals surface area (Å²) >= 11 is 7.18. The largest absolute Gasteiger partial charge is 0.327 e. The number of hydrogen-bond acceptors (Lipinski definition) is 4. The van der Waals surface area contributed by atoms with Gasteiger partial charge in [-0.05, 0) is 24.6 Å². The van der Waals surface area contributed by atoms with Crippen LogP contribution in [0.15, 0.2) is 17.6 Å². The Labute approximate surface area is 108 Å². The Balaban J connectivity index is 4.21. The van der Waals surface area contributed by atoms with Crippen LogP contribution in [-0.4, -0.2) is 25.2 Å². The average Bonchev–Trinajstić information content (AvgIpc) is 2.22. The standard InChI is InChI=1S/C10H21N2OPS2/c1-5-7-11-9-12-14(15,13-6-2)16-8-10(3)4/h5,9-10H,1,6-8H2,2-4H3,(H,11,12,15). The first-order valence-corrected chi connectivity index (χ1v) is 9.61. The zero-order valence-corrected chi connectivity index (χ0v) is 12.7. The highest BCUT2D eigenvalue weighted by Crippen LogP contribution is 2.56. The first kappa shape index (κ1) is 16.2. The minimum Gasteiger partial charge on any atom is -0.327 e. The highest BCUT2D eigenvalue weighted by atomic mass is 32.9. The van der Waals surface area contributed by atoms with E-state index in [-0.39, 0.29) is 0 Å². The second-order valence-corrected chi connectivity index (χ2v) is 10.2. The lowest BCUT2D eigenvalue weighted by molar-refractivity contribution is 0.383. The number of nitrogens with one attached hydrogen (secondary N) is 1. The molecule has 0 aromatic heterocycles. The lowest BCUT2D eigenvalue weighted by atomic mass is 10.3. The van der Waals surface area contributed by atoms with Crippen molar-refractivity contribution in [1.29, 1.82) is 0 Å². The molecule has 1 unspecified atom stereocenters. The molecule has 0 aliphatic carbocycles. The summed E-state index contributed by atoms with van der Waals surface area (Å²) in [4.78, 5) is 4.10. The van der Waals surface area contributed by atoms with E-state index >= 15 is 0 Å². The first-order chi connectivity index (χ1) is 7.54. The van der Waals surface area contributed by atoms with Crippen molar-refractivity contribution in [2.24, 2.45) is 10.9 Å². The molecular weight excluding hydrogens is 259 g/mol. The molecule has 0 heterocycles. The van der Waals surface area contributed by atoms with Crippen LogP contribution in [-0.2, 0) is 16.3 Å². The Morgan fingerprint density at radius 3 is 2.81 bits per heavy atom. The predicted molar refractivity (Wildman–Crippen MR) is 79.9 cm³/mol. The topological polar surface area (TPSA) is 33.6 Å². The third-order valence-electron chi connectivity index (χ3n) is 1.42. The number of rotatable bonds is 9. The fourth-order valence-corrected chi connectivity index (χ4v) is 5.44. The first-order valence-electron chi connectivity index (χ1n) is 5.30. The Kier molecular flexibility index (Phi) is 9.32. The normalized spacial score (nSPS) is 15.2. The summed E-state index contributed by atoms with van der Waals surface area (Å²) in [6.45, 7) is 11.1. The van der Waals surface area contributed by atoms with Crippen molar-refractivity contribution in [3.05, 3.63) is 12.7 Å². The lowest BCUT2D eigenvalue weighted by Crippen LogP contribution is -2.09. The summed E-state index contributed by atoms with van der Waals surface area (Å²) in [5, 5.41) is 3.11. The van der Waals surface area contributed by atoms with E-state index < -0.39 is 5.62 Å². The minimum atomic E-state index is -2.00. The predicted octanol–water partition coefficient (Wildman–Crippen LogP) is 3.44. The summed E-state index contributed by atoms with van der Waals surface area (Å²) in [5.74, 6) is 1.61. The second-order valence-electron chi connectivity index (χ2n) is 3.52. The molecule has 0 radical (unpaired) electrons. The van der Waals surface area contributed by atoms with Gasteiger partial charge in [0.2, 0.25) is 5.62 Å². The van der Waals surface area contributed by atoms with E-state index in [9.17, 15) is 0 Å². The van der Waals surface area contributed by atoms with Gasteiger partial charge in [-0.1, -0.05) is 31.3 Å². The smallest absolute Gasteiger partial charge is 0.211 e. The highest BCUT2D eigenvalue weighted by Gasteiger charge is 2.16. The van der Waals surface area contributed by atoms with Gasteiger partial charge in [0.15, 0.2) is 0 Å². The van der Waals surface area contributed by atoms with Gasteiger partial charge < -0.3 is 9.61 Å². The van der Waals surface area contributed by atoms with Gasteiger partial charge in [0.05, 0.1) is 19.5 Å². The summed E-state index contributed by atoms with van der Waals surface area (Å²) in [7, 11) is 0. The van der Waals surface area contributed by atoms with Crippen molar-refractivity contribution >= 4 is 35.1 Å². The van der Waals surface area contributed by atoms with E-state index in [1.54, 1.807) is 23.8 Å². The molecular formula is C10H21N2OPS2. The molecule has 0 saturated heterocycles. The molecule has 3 nitrogen and oxygen atoms in total. The molecule has 0 amide bonds. The molecule has 0 fully saturated rings. The van der Waals surface area contributed by atoms with Crippen molar-refractivity contribution in [3.63, 3.8) is 0 Å². The van der Waals surface area contributed by atoms with Crippen LogP contribution in [0.3, 0.4) is 0 Å². The van der Waals surface area contributed by atoms with Gasteiger partial charge in [-0.15, -0.1) is 6.58 Å². The number of hydrogen-bond donors (Lipinski definition) is 1. The van der Waals surface area contributed by atoms with Crippen LogP contribution in [0.1, 0.15) is 20.8 Å². The maximum atomic E-state index is 5.62. The van der Waals surface area contributed by atoms with Crippen molar-refractivity contribution in [2.75, 3.05) is 18.9 Å². The summed E-state index contributed by atoms with van der Waals surface area (Å²) in [5.41, 5.74) is -2.00. The molecule has 0 spiro atoms. The Morgan fingerprint density at radius 1 is 1.62 bits per heavy atom. The van der Waals surface area contributed by atoms with Crippen LogP contribution in [0.4, 0.5) is 0 Å². The van der Waals surface area contributed by atoms with E-state index in [0.29, 0.717) is 19.1 Å². The van der Waals surface area contributed by atoms with Crippen LogP contribution < -0.4 is 5.09 Å². The molecule has 1 N–H and O–H groups in total. The summed E-state index contributed by atoms with van der Waals surface area (Å²) in [6.07, 6.45) is 3.38. The van der Waals surface area contributed by atoms with E-state index in [2.05, 4.69) is 30.5 Å². The monoisotopic (exact) mass is 280 g/mol. The van der Waals surface area contributed by atoms with Crippen LogP contribution in [0.25, 0.3) is 0 Å². The fourth-order valence-electron chi connectivity index (χ4n) is 0.768. The van der Waals surface area contributed by atoms with Gasteiger partial charge in [0, 0.05) is 5.75 Å². The van der Waals surface area contributed by atoms with Crippen molar-refractivity contribution < 1.29 is 4.52 Å². The van der Waals surface area contributed by atoms with E-state index in [4.69, 9.17) is 16.3 Å². The van der Waals surface area contributed by atoms with Gasteiger partial charge in [0.25, 0.3) is 0 Å². The van der Waals surface area contributed by atoms with Gasteiger partial charge in [-0.2, -0.15) is 0 Å².